The molecule has 0 radical (unpaired) electrons. The Morgan fingerprint density at radius 1 is 1.05 bits per heavy atom. The molecule has 3 nitrogen and oxygen atoms in total. The lowest BCUT2D eigenvalue weighted by Gasteiger charge is -2.03. The predicted molar refractivity (Wildman–Crippen MR) is 67.4 cm³/mol. The Balaban J connectivity index is 2.05. The quantitative estimate of drug-likeness (QED) is 0.919. The van der Waals surface area contributed by atoms with Crippen LogP contribution in [-0.4, -0.2) is 10.8 Å². The molecule has 0 bridgehead atoms. The Kier molecular flexibility index (Phi) is 3.85. The van der Waals surface area contributed by atoms with Crippen molar-refractivity contribution in [3.63, 3.8) is 0 Å². The number of hydrogen-bond acceptors (Lipinski definition) is 3. The molecule has 2 rings (SSSR count). The molecular weight excluding hydrogens is 250 g/mol. The van der Waals surface area contributed by atoms with Gasteiger partial charge in [-0.1, -0.05) is 0 Å². The van der Waals surface area contributed by atoms with Crippen molar-refractivity contribution in [1.82, 2.24) is 4.98 Å². The summed E-state index contributed by atoms with van der Waals surface area (Å²) < 4.78 is 26.0. The molecule has 0 atom stereocenters. The van der Waals surface area contributed by atoms with Crippen LogP contribution in [0.5, 0.6) is 0 Å². The van der Waals surface area contributed by atoms with Crippen LogP contribution in [0.25, 0.3) is 0 Å². The van der Waals surface area contributed by atoms with Gasteiger partial charge >= 0.3 is 0 Å². The summed E-state index contributed by atoms with van der Waals surface area (Å²) in [5.41, 5.74) is 6.56. The molecule has 1 heterocycles. The van der Waals surface area contributed by atoms with Gasteiger partial charge in [-0.05, 0) is 35.4 Å². The second kappa shape index (κ2) is 5.56. The third-order valence-electron chi connectivity index (χ3n) is 2.57. The molecule has 0 spiro atoms. The average Bonchev–Trinajstić information content (AvgIpc) is 2.26. The maximum Gasteiger partial charge on any atom is 0.141 e. The zero-order chi connectivity index (χ0) is 13.8. The number of anilines is 1. The summed E-state index contributed by atoms with van der Waals surface area (Å²) >= 11 is 0. The fraction of sp³-hybridized carbons (Fsp3) is 0.143. The molecule has 2 N–H and O–H groups in total. The molecule has 0 saturated carbocycles. The number of carbonyl (C=O) groups is 1. The van der Waals surface area contributed by atoms with Crippen molar-refractivity contribution in [2.24, 2.45) is 0 Å². The summed E-state index contributed by atoms with van der Waals surface area (Å²) in [5.74, 6) is -1.18. The van der Waals surface area contributed by atoms with Crippen molar-refractivity contribution in [2.45, 2.75) is 12.8 Å². The molecule has 0 aliphatic rings. The molecule has 0 unspecified atom stereocenters. The maximum absolute atomic E-state index is 13.0. The SMILES string of the molecule is Nc1cc(CC(=O)Cc2cc(F)cc(F)c2)ccn1. The van der Waals surface area contributed by atoms with E-state index in [1.807, 2.05) is 0 Å². The van der Waals surface area contributed by atoms with E-state index in [4.69, 9.17) is 5.73 Å². The molecule has 19 heavy (non-hydrogen) atoms. The van der Waals surface area contributed by atoms with Crippen LogP contribution in [0.3, 0.4) is 0 Å². The summed E-state index contributed by atoms with van der Waals surface area (Å²) in [6.45, 7) is 0. The number of pyridine rings is 1. The van der Waals surface area contributed by atoms with Crippen LogP contribution in [0.1, 0.15) is 11.1 Å². The van der Waals surface area contributed by atoms with Gasteiger partial charge in [0.1, 0.15) is 23.2 Å². The molecule has 2 aromatic rings. The van der Waals surface area contributed by atoms with E-state index in [2.05, 4.69) is 4.98 Å². The Labute approximate surface area is 109 Å². The molecule has 0 saturated heterocycles. The van der Waals surface area contributed by atoms with Gasteiger partial charge in [-0.2, -0.15) is 0 Å². The number of nitrogens with two attached hydrogens (primary N) is 1. The molecule has 0 aliphatic carbocycles. The van der Waals surface area contributed by atoms with E-state index in [0.29, 0.717) is 11.4 Å². The molecule has 0 amide bonds. The van der Waals surface area contributed by atoms with Gasteiger partial charge in [-0.3, -0.25) is 4.79 Å². The van der Waals surface area contributed by atoms with Crippen LogP contribution in [0.4, 0.5) is 14.6 Å². The van der Waals surface area contributed by atoms with Crippen molar-refractivity contribution in [3.8, 4) is 0 Å². The lowest BCUT2D eigenvalue weighted by Crippen LogP contribution is -2.07. The second-order valence-electron chi connectivity index (χ2n) is 4.26. The maximum atomic E-state index is 13.0. The lowest BCUT2D eigenvalue weighted by atomic mass is 10.0. The van der Waals surface area contributed by atoms with Gasteiger partial charge in [-0.25, -0.2) is 13.8 Å². The molecule has 98 valence electrons. The van der Waals surface area contributed by atoms with Crippen LogP contribution in [0, 0.1) is 11.6 Å². The number of carbonyl (C=O) groups excluding carboxylic acids is 1. The first kappa shape index (κ1) is 13.1. The van der Waals surface area contributed by atoms with Gasteiger partial charge in [0, 0.05) is 25.1 Å². The normalized spacial score (nSPS) is 10.4. The van der Waals surface area contributed by atoms with Crippen molar-refractivity contribution >= 4 is 11.6 Å². The first-order valence-corrected chi connectivity index (χ1v) is 5.70. The monoisotopic (exact) mass is 262 g/mol. The second-order valence-corrected chi connectivity index (χ2v) is 4.26. The summed E-state index contributed by atoms with van der Waals surface area (Å²) in [6, 6.07) is 6.37. The number of benzene rings is 1. The topological polar surface area (TPSA) is 56.0 Å². The van der Waals surface area contributed by atoms with Gasteiger partial charge in [-0.15, -0.1) is 0 Å². The van der Waals surface area contributed by atoms with Crippen LogP contribution in [0.2, 0.25) is 0 Å². The largest absolute Gasteiger partial charge is 0.384 e. The van der Waals surface area contributed by atoms with Crippen molar-refractivity contribution < 1.29 is 13.6 Å². The Bertz CT molecular complexity index is 594. The van der Waals surface area contributed by atoms with Crippen molar-refractivity contribution in [1.29, 1.82) is 0 Å². The molecule has 0 aliphatic heterocycles. The minimum absolute atomic E-state index is 0.0170. The van der Waals surface area contributed by atoms with Crippen LogP contribution < -0.4 is 5.73 Å². The zero-order valence-electron chi connectivity index (χ0n) is 10.1. The number of Topliss-reactive ketones (excluding diaryl/α,β-unsaturated/α-hetero) is 1. The molecule has 0 fully saturated rings. The van der Waals surface area contributed by atoms with E-state index in [1.165, 1.54) is 6.20 Å². The summed E-state index contributed by atoms with van der Waals surface area (Å²) in [4.78, 5) is 15.6. The van der Waals surface area contributed by atoms with E-state index in [0.717, 1.165) is 23.8 Å². The summed E-state index contributed by atoms with van der Waals surface area (Å²) in [7, 11) is 0. The number of nitrogens with zero attached hydrogens (tertiary/aromatic N) is 1. The number of ketones is 1. The number of aromatic nitrogens is 1. The van der Waals surface area contributed by atoms with E-state index >= 15 is 0 Å². The van der Waals surface area contributed by atoms with E-state index in [1.54, 1.807) is 12.1 Å². The summed E-state index contributed by atoms with van der Waals surface area (Å²) in [6.07, 6.45) is 1.65. The first-order chi connectivity index (χ1) is 9.02. The van der Waals surface area contributed by atoms with Gasteiger partial charge in [0.15, 0.2) is 0 Å². The Hall–Kier alpha value is -2.30. The minimum atomic E-state index is -0.684. The minimum Gasteiger partial charge on any atom is -0.384 e. The first-order valence-electron chi connectivity index (χ1n) is 5.70. The fourth-order valence-electron chi connectivity index (χ4n) is 1.84. The molecule has 1 aromatic carbocycles. The number of nitrogen functional groups attached to an aromatic ring is 1. The van der Waals surface area contributed by atoms with E-state index < -0.39 is 11.6 Å². The van der Waals surface area contributed by atoms with Gasteiger partial charge in [0.05, 0.1) is 0 Å². The van der Waals surface area contributed by atoms with Gasteiger partial charge in [0.25, 0.3) is 0 Å². The highest BCUT2D eigenvalue weighted by molar-refractivity contribution is 5.83. The fourth-order valence-corrected chi connectivity index (χ4v) is 1.84. The third-order valence-corrected chi connectivity index (χ3v) is 2.57. The average molecular weight is 262 g/mol. The van der Waals surface area contributed by atoms with E-state index in [-0.39, 0.29) is 18.6 Å². The summed E-state index contributed by atoms with van der Waals surface area (Å²) in [5, 5.41) is 0. The lowest BCUT2D eigenvalue weighted by molar-refractivity contribution is -0.117. The predicted octanol–water partition coefficient (Wildman–Crippen LogP) is 2.30. The smallest absolute Gasteiger partial charge is 0.141 e. The zero-order valence-corrected chi connectivity index (χ0v) is 10.1. The highest BCUT2D eigenvalue weighted by Gasteiger charge is 2.08. The highest BCUT2D eigenvalue weighted by atomic mass is 19.1. The Morgan fingerprint density at radius 3 is 2.32 bits per heavy atom. The van der Waals surface area contributed by atoms with Crippen LogP contribution in [0.15, 0.2) is 36.5 Å². The van der Waals surface area contributed by atoms with Crippen molar-refractivity contribution in [2.75, 3.05) is 5.73 Å². The highest BCUT2D eigenvalue weighted by Crippen LogP contribution is 2.11. The van der Waals surface area contributed by atoms with Crippen LogP contribution in [-0.2, 0) is 17.6 Å². The van der Waals surface area contributed by atoms with E-state index in [9.17, 15) is 13.6 Å². The van der Waals surface area contributed by atoms with Gasteiger partial charge in [0.2, 0.25) is 0 Å². The standard InChI is InChI=1S/C14H12F2N2O/c15-11-3-10(4-12(16)8-11)6-13(19)5-9-1-2-18-14(17)7-9/h1-4,7-8H,5-6H2,(H2,17,18). The Morgan fingerprint density at radius 2 is 1.68 bits per heavy atom. The molecular formula is C14H12F2N2O. The number of hydrogen-bond donors (Lipinski definition) is 1. The molecule has 1 aromatic heterocycles. The third kappa shape index (κ3) is 3.84. The van der Waals surface area contributed by atoms with Crippen molar-refractivity contribution in [3.05, 3.63) is 59.3 Å². The number of rotatable bonds is 4. The number of halogens is 2. The van der Waals surface area contributed by atoms with Gasteiger partial charge < -0.3 is 5.73 Å². The van der Waals surface area contributed by atoms with Crippen LogP contribution >= 0.6 is 0 Å². The molecule has 5 heteroatoms.